The summed E-state index contributed by atoms with van der Waals surface area (Å²) in [5.74, 6) is 0.435. The normalized spacial score (nSPS) is 15.0. The molecule has 0 bridgehead atoms. The van der Waals surface area contributed by atoms with Gasteiger partial charge in [0.2, 0.25) is 0 Å². The lowest BCUT2D eigenvalue weighted by atomic mass is 9.85. The smallest absolute Gasteiger partial charge is 0.337 e. The third-order valence-corrected chi connectivity index (χ3v) is 3.62. The van der Waals surface area contributed by atoms with E-state index in [2.05, 4.69) is 9.64 Å². The number of methoxy groups -OCH3 is 1. The molecular weight excluding hydrogens is 228 g/mol. The standard InChI is InChI=1S/C14H20N2O2/c1-16(9-10-4-3-5-10)13-7-6-11(8-12(13)15)14(17)18-2/h6-8,10H,3-5,9,15H2,1-2H3. The molecule has 0 unspecified atom stereocenters. The fourth-order valence-corrected chi connectivity index (χ4v) is 2.31. The van der Waals surface area contributed by atoms with Crippen molar-refractivity contribution in [2.24, 2.45) is 5.92 Å². The zero-order valence-corrected chi connectivity index (χ0v) is 11.0. The Morgan fingerprint density at radius 2 is 2.22 bits per heavy atom. The van der Waals surface area contributed by atoms with Gasteiger partial charge in [-0.1, -0.05) is 6.42 Å². The van der Waals surface area contributed by atoms with E-state index in [1.807, 2.05) is 13.1 Å². The molecule has 2 rings (SSSR count). The quantitative estimate of drug-likeness (QED) is 0.656. The molecule has 1 aliphatic rings. The van der Waals surface area contributed by atoms with Crippen molar-refractivity contribution in [2.45, 2.75) is 19.3 Å². The summed E-state index contributed by atoms with van der Waals surface area (Å²) < 4.78 is 4.67. The van der Waals surface area contributed by atoms with Gasteiger partial charge in [0.15, 0.2) is 0 Å². The lowest BCUT2D eigenvalue weighted by Crippen LogP contribution is -2.29. The van der Waals surface area contributed by atoms with Crippen molar-refractivity contribution in [1.29, 1.82) is 0 Å². The van der Waals surface area contributed by atoms with Gasteiger partial charge in [0.05, 0.1) is 24.0 Å². The molecule has 0 saturated heterocycles. The first-order valence-corrected chi connectivity index (χ1v) is 6.30. The van der Waals surface area contributed by atoms with E-state index >= 15 is 0 Å². The third kappa shape index (κ3) is 2.58. The van der Waals surface area contributed by atoms with Crippen LogP contribution in [0.25, 0.3) is 0 Å². The SMILES string of the molecule is COC(=O)c1ccc(N(C)CC2CCC2)c(N)c1. The fourth-order valence-electron chi connectivity index (χ4n) is 2.31. The van der Waals surface area contributed by atoms with Crippen LogP contribution in [-0.4, -0.2) is 26.7 Å². The highest BCUT2D eigenvalue weighted by Crippen LogP contribution is 2.30. The average Bonchev–Trinajstić information content (AvgIpc) is 2.32. The molecule has 18 heavy (non-hydrogen) atoms. The Kier molecular flexibility index (Phi) is 3.75. The number of hydrogen-bond acceptors (Lipinski definition) is 4. The largest absolute Gasteiger partial charge is 0.465 e. The van der Waals surface area contributed by atoms with Crippen molar-refractivity contribution in [3.8, 4) is 0 Å². The second kappa shape index (κ2) is 5.29. The Morgan fingerprint density at radius 1 is 1.50 bits per heavy atom. The van der Waals surface area contributed by atoms with E-state index in [0.29, 0.717) is 11.3 Å². The minimum Gasteiger partial charge on any atom is -0.465 e. The Hall–Kier alpha value is -1.71. The van der Waals surface area contributed by atoms with Crippen LogP contribution in [-0.2, 0) is 4.74 Å². The maximum atomic E-state index is 11.4. The molecule has 4 heteroatoms. The average molecular weight is 248 g/mol. The van der Waals surface area contributed by atoms with Gasteiger partial charge in [-0.15, -0.1) is 0 Å². The van der Waals surface area contributed by atoms with Crippen molar-refractivity contribution >= 4 is 17.3 Å². The second-order valence-corrected chi connectivity index (χ2v) is 4.94. The number of nitrogen functional groups attached to an aromatic ring is 1. The number of nitrogens with two attached hydrogens (primary N) is 1. The number of nitrogens with zero attached hydrogens (tertiary/aromatic N) is 1. The van der Waals surface area contributed by atoms with Gasteiger partial charge in [-0.3, -0.25) is 0 Å². The van der Waals surface area contributed by atoms with E-state index in [4.69, 9.17) is 5.73 Å². The van der Waals surface area contributed by atoms with Crippen LogP contribution in [0.5, 0.6) is 0 Å². The predicted molar refractivity (Wildman–Crippen MR) is 72.8 cm³/mol. The highest BCUT2D eigenvalue weighted by atomic mass is 16.5. The van der Waals surface area contributed by atoms with Crippen molar-refractivity contribution in [3.63, 3.8) is 0 Å². The molecule has 0 radical (unpaired) electrons. The maximum Gasteiger partial charge on any atom is 0.337 e. The first-order valence-electron chi connectivity index (χ1n) is 6.30. The molecule has 0 heterocycles. The van der Waals surface area contributed by atoms with Crippen molar-refractivity contribution in [1.82, 2.24) is 0 Å². The van der Waals surface area contributed by atoms with Crippen molar-refractivity contribution in [3.05, 3.63) is 23.8 Å². The van der Waals surface area contributed by atoms with Gasteiger partial charge in [0, 0.05) is 13.6 Å². The van der Waals surface area contributed by atoms with E-state index < -0.39 is 0 Å². The topological polar surface area (TPSA) is 55.6 Å². The summed E-state index contributed by atoms with van der Waals surface area (Å²) in [7, 11) is 3.41. The first kappa shape index (κ1) is 12.7. The van der Waals surface area contributed by atoms with Crippen LogP contribution >= 0.6 is 0 Å². The first-order chi connectivity index (χ1) is 8.61. The maximum absolute atomic E-state index is 11.4. The van der Waals surface area contributed by atoms with Crippen LogP contribution in [0.4, 0.5) is 11.4 Å². The van der Waals surface area contributed by atoms with Gasteiger partial charge >= 0.3 is 5.97 Å². The van der Waals surface area contributed by atoms with Crippen LogP contribution in [0.2, 0.25) is 0 Å². The number of ether oxygens (including phenoxy) is 1. The Labute approximate surface area is 108 Å². The number of hydrogen-bond donors (Lipinski definition) is 1. The summed E-state index contributed by atoms with van der Waals surface area (Å²) in [6.07, 6.45) is 3.96. The lowest BCUT2D eigenvalue weighted by molar-refractivity contribution is 0.0601. The number of rotatable bonds is 4. The Morgan fingerprint density at radius 3 is 2.72 bits per heavy atom. The van der Waals surface area contributed by atoms with Crippen molar-refractivity contribution < 1.29 is 9.53 Å². The molecule has 4 nitrogen and oxygen atoms in total. The zero-order valence-electron chi connectivity index (χ0n) is 11.0. The summed E-state index contributed by atoms with van der Waals surface area (Å²) in [6, 6.07) is 5.33. The molecule has 1 aromatic carbocycles. The Bertz CT molecular complexity index is 441. The highest BCUT2D eigenvalue weighted by molar-refractivity contribution is 5.91. The van der Waals surface area contributed by atoms with E-state index in [0.717, 1.165) is 18.2 Å². The van der Waals surface area contributed by atoms with E-state index in [9.17, 15) is 4.79 Å². The molecule has 0 aliphatic heterocycles. The molecule has 2 N–H and O–H groups in total. The minimum atomic E-state index is -0.352. The van der Waals surface area contributed by atoms with Gasteiger partial charge in [-0.05, 0) is 37.0 Å². The molecule has 98 valence electrons. The third-order valence-electron chi connectivity index (χ3n) is 3.62. The minimum absolute atomic E-state index is 0.352. The van der Waals surface area contributed by atoms with E-state index in [1.54, 1.807) is 12.1 Å². The molecular formula is C14H20N2O2. The summed E-state index contributed by atoms with van der Waals surface area (Å²) in [4.78, 5) is 13.6. The molecule has 0 aromatic heterocycles. The van der Waals surface area contributed by atoms with E-state index in [-0.39, 0.29) is 5.97 Å². The molecule has 0 atom stereocenters. The van der Waals surface area contributed by atoms with Crippen LogP contribution in [0.1, 0.15) is 29.6 Å². The Balaban J connectivity index is 2.10. The van der Waals surface area contributed by atoms with Gasteiger partial charge < -0.3 is 15.4 Å². The molecule has 1 aliphatic carbocycles. The second-order valence-electron chi connectivity index (χ2n) is 4.94. The number of anilines is 2. The predicted octanol–water partition coefficient (Wildman–Crippen LogP) is 2.29. The highest BCUT2D eigenvalue weighted by Gasteiger charge is 2.20. The number of esters is 1. The number of carbonyl (C=O) groups excluding carboxylic acids is 1. The molecule has 1 aromatic rings. The van der Waals surface area contributed by atoms with Crippen LogP contribution in [0.15, 0.2) is 18.2 Å². The number of carbonyl (C=O) groups is 1. The zero-order chi connectivity index (χ0) is 13.1. The molecule has 0 amide bonds. The van der Waals surface area contributed by atoms with E-state index in [1.165, 1.54) is 26.4 Å². The molecule has 0 spiro atoms. The number of benzene rings is 1. The van der Waals surface area contributed by atoms with Crippen LogP contribution in [0, 0.1) is 5.92 Å². The lowest BCUT2D eigenvalue weighted by Gasteiger charge is -2.31. The van der Waals surface area contributed by atoms with Gasteiger partial charge in [0.1, 0.15) is 0 Å². The van der Waals surface area contributed by atoms with Crippen molar-refractivity contribution in [2.75, 3.05) is 31.3 Å². The summed E-state index contributed by atoms with van der Waals surface area (Å²) >= 11 is 0. The van der Waals surface area contributed by atoms with Gasteiger partial charge in [-0.25, -0.2) is 4.79 Å². The molecule has 1 fully saturated rings. The fraction of sp³-hybridized carbons (Fsp3) is 0.500. The van der Waals surface area contributed by atoms with Gasteiger partial charge in [-0.2, -0.15) is 0 Å². The van der Waals surface area contributed by atoms with Crippen LogP contribution in [0.3, 0.4) is 0 Å². The summed E-state index contributed by atoms with van der Waals surface area (Å²) in [6.45, 7) is 1.03. The molecule has 1 saturated carbocycles. The van der Waals surface area contributed by atoms with Crippen LogP contribution < -0.4 is 10.6 Å². The summed E-state index contributed by atoms with van der Waals surface area (Å²) in [5.41, 5.74) is 8.10. The van der Waals surface area contributed by atoms with Gasteiger partial charge in [0.25, 0.3) is 0 Å². The summed E-state index contributed by atoms with van der Waals surface area (Å²) in [5, 5.41) is 0. The monoisotopic (exact) mass is 248 g/mol.